The summed E-state index contributed by atoms with van der Waals surface area (Å²) < 4.78 is 0. The molecular weight excluding hydrogens is 394 g/mol. The summed E-state index contributed by atoms with van der Waals surface area (Å²) in [6.07, 6.45) is 1.34. The molecule has 8 nitrogen and oxygen atoms in total. The van der Waals surface area contributed by atoms with Crippen LogP contribution in [0.15, 0.2) is 24.3 Å². The molecule has 164 valence electrons. The summed E-state index contributed by atoms with van der Waals surface area (Å²) in [6.45, 7) is 6.47. The Labute approximate surface area is 181 Å². The van der Waals surface area contributed by atoms with E-state index in [0.717, 1.165) is 16.5 Å². The monoisotopic (exact) mass is 423 g/mol. The first-order chi connectivity index (χ1) is 14.8. The van der Waals surface area contributed by atoms with Crippen LogP contribution in [0.3, 0.4) is 0 Å². The molecule has 8 heteroatoms. The van der Waals surface area contributed by atoms with Crippen LogP contribution in [0.2, 0.25) is 0 Å². The van der Waals surface area contributed by atoms with Crippen LogP contribution >= 0.6 is 0 Å². The van der Waals surface area contributed by atoms with Gasteiger partial charge in [-0.3, -0.25) is 14.4 Å². The second-order valence-corrected chi connectivity index (χ2v) is 8.58. The fourth-order valence-electron chi connectivity index (χ4n) is 3.94. The van der Waals surface area contributed by atoms with Gasteiger partial charge in [-0.1, -0.05) is 32.0 Å². The molecule has 31 heavy (non-hydrogen) atoms. The predicted octanol–water partition coefficient (Wildman–Crippen LogP) is 2.16. The number of carbonyl (C=O) groups is 3. The zero-order chi connectivity index (χ0) is 22.5. The summed E-state index contributed by atoms with van der Waals surface area (Å²) in [7, 11) is 0. The molecule has 0 spiro atoms. The van der Waals surface area contributed by atoms with Crippen molar-refractivity contribution in [1.82, 2.24) is 20.9 Å². The third-order valence-electron chi connectivity index (χ3n) is 5.59. The molecular formula is C23H29N5O3. The van der Waals surface area contributed by atoms with Gasteiger partial charge in [-0.05, 0) is 43.7 Å². The minimum atomic E-state index is -0.788. The van der Waals surface area contributed by atoms with E-state index in [1.807, 2.05) is 39.0 Å². The van der Waals surface area contributed by atoms with Gasteiger partial charge in [0.1, 0.15) is 17.8 Å². The Balaban J connectivity index is 1.70. The van der Waals surface area contributed by atoms with Gasteiger partial charge in [0.05, 0.1) is 6.07 Å². The summed E-state index contributed by atoms with van der Waals surface area (Å²) in [5.74, 6) is -1.00. The number of H-pyrrole nitrogens is 1. The fraction of sp³-hybridized carbons (Fsp3) is 0.478. The van der Waals surface area contributed by atoms with Gasteiger partial charge in [0, 0.05) is 23.4 Å². The van der Waals surface area contributed by atoms with E-state index in [4.69, 9.17) is 0 Å². The lowest BCUT2D eigenvalue weighted by Gasteiger charge is -2.22. The Morgan fingerprint density at radius 1 is 1.29 bits per heavy atom. The number of benzene rings is 1. The molecule has 1 aromatic carbocycles. The molecule has 1 fully saturated rings. The first-order valence-corrected chi connectivity index (χ1v) is 10.7. The Morgan fingerprint density at radius 2 is 2.06 bits per heavy atom. The van der Waals surface area contributed by atoms with E-state index in [1.54, 1.807) is 6.07 Å². The minimum absolute atomic E-state index is 0.0874. The van der Waals surface area contributed by atoms with Crippen LogP contribution in [-0.2, 0) is 9.59 Å². The van der Waals surface area contributed by atoms with Gasteiger partial charge < -0.3 is 20.9 Å². The number of amides is 3. The van der Waals surface area contributed by atoms with Crippen LogP contribution in [0.1, 0.15) is 49.2 Å². The third kappa shape index (κ3) is 5.43. The van der Waals surface area contributed by atoms with Gasteiger partial charge in [0.2, 0.25) is 11.8 Å². The Hall–Kier alpha value is -3.34. The molecule has 0 saturated carbocycles. The van der Waals surface area contributed by atoms with E-state index in [0.29, 0.717) is 25.1 Å². The number of nitriles is 1. The quantitative estimate of drug-likeness (QED) is 0.519. The van der Waals surface area contributed by atoms with Crippen LogP contribution < -0.4 is 16.0 Å². The maximum atomic E-state index is 12.9. The smallest absolute Gasteiger partial charge is 0.268 e. The molecule has 3 amide bonds. The van der Waals surface area contributed by atoms with E-state index >= 15 is 0 Å². The SMILES string of the molecule is Cc1cccc2cc(C(=O)N[C@@H](CC(C)C)C(=O)N[C@H](C#N)C[C@@H]3CCNC3=O)[nH]c12. The zero-order valence-corrected chi connectivity index (χ0v) is 18.1. The highest BCUT2D eigenvalue weighted by atomic mass is 16.2. The van der Waals surface area contributed by atoms with Gasteiger partial charge in [-0.2, -0.15) is 5.26 Å². The zero-order valence-electron chi connectivity index (χ0n) is 18.1. The molecule has 4 N–H and O–H groups in total. The molecule has 1 aliphatic heterocycles. The molecule has 0 unspecified atom stereocenters. The van der Waals surface area contributed by atoms with Crippen LogP contribution in [0.4, 0.5) is 0 Å². The van der Waals surface area contributed by atoms with Crippen molar-refractivity contribution in [2.45, 2.75) is 52.1 Å². The second-order valence-electron chi connectivity index (χ2n) is 8.58. The van der Waals surface area contributed by atoms with E-state index < -0.39 is 18.0 Å². The molecule has 0 aliphatic carbocycles. The number of nitrogens with one attached hydrogen (secondary N) is 4. The molecule has 0 radical (unpaired) electrons. The number of hydrogen-bond acceptors (Lipinski definition) is 4. The summed E-state index contributed by atoms with van der Waals surface area (Å²) in [4.78, 5) is 40.7. The maximum Gasteiger partial charge on any atom is 0.268 e. The highest BCUT2D eigenvalue weighted by Gasteiger charge is 2.30. The topological polar surface area (TPSA) is 127 Å². The number of para-hydroxylation sites is 1. The predicted molar refractivity (Wildman–Crippen MR) is 117 cm³/mol. The van der Waals surface area contributed by atoms with Crippen molar-refractivity contribution in [3.63, 3.8) is 0 Å². The van der Waals surface area contributed by atoms with Crippen LogP contribution in [0.25, 0.3) is 10.9 Å². The second kappa shape index (κ2) is 9.65. The maximum absolute atomic E-state index is 12.9. The summed E-state index contributed by atoms with van der Waals surface area (Å²) in [6, 6.07) is 8.06. The highest BCUT2D eigenvalue weighted by Crippen LogP contribution is 2.19. The van der Waals surface area contributed by atoms with Gasteiger partial charge >= 0.3 is 0 Å². The van der Waals surface area contributed by atoms with Gasteiger partial charge in [-0.15, -0.1) is 0 Å². The van der Waals surface area contributed by atoms with Crippen molar-refractivity contribution >= 4 is 28.6 Å². The van der Waals surface area contributed by atoms with Gasteiger partial charge in [0.15, 0.2) is 0 Å². The highest BCUT2D eigenvalue weighted by molar-refractivity contribution is 6.00. The molecule has 2 heterocycles. The number of carbonyl (C=O) groups excluding carboxylic acids is 3. The number of rotatable bonds is 8. The number of aromatic nitrogens is 1. The standard InChI is InChI=1S/C23H29N5O3/c1-13(2)9-18(22(30)26-17(12-24)10-16-7-8-25-21(16)29)28-23(31)19-11-15-6-4-5-14(3)20(15)27-19/h4-6,11,13,16-18,27H,7-10H2,1-3H3,(H,25,29)(H,26,30)(H,28,31)/t16-,17-,18-/m0/s1. The largest absolute Gasteiger partial charge is 0.356 e. The summed E-state index contributed by atoms with van der Waals surface area (Å²) >= 11 is 0. The molecule has 2 aromatic rings. The molecule has 3 rings (SSSR count). The first-order valence-electron chi connectivity index (χ1n) is 10.7. The van der Waals surface area contributed by atoms with Crippen molar-refractivity contribution in [1.29, 1.82) is 5.26 Å². The van der Waals surface area contributed by atoms with Crippen molar-refractivity contribution in [3.05, 3.63) is 35.5 Å². The number of fused-ring (bicyclic) bond motifs is 1. The molecule has 3 atom stereocenters. The Bertz CT molecular complexity index is 1020. The molecule has 1 saturated heterocycles. The van der Waals surface area contributed by atoms with E-state index in [9.17, 15) is 19.6 Å². The van der Waals surface area contributed by atoms with Crippen molar-refractivity contribution in [3.8, 4) is 6.07 Å². The Morgan fingerprint density at radius 3 is 2.68 bits per heavy atom. The Kier molecular flexibility index (Phi) is 6.95. The van der Waals surface area contributed by atoms with E-state index in [-0.39, 0.29) is 30.1 Å². The number of aromatic amines is 1. The van der Waals surface area contributed by atoms with E-state index in [1.165, 1.54) is 0 Å². The third-order valence-corrected chi connectivity index (χ3v) is 5.59. The van der Waals surface area contributed by atoms with Gasteiger partial charge in [0.25, 0.3) is 5.91 Å². The lowest BCUT2D eigenvalue weighted by atomic mass is 9.98. The normalized spacial score (nSPS) is 17.8. The number of hydrogen-bond donors (Lipinski definition) is 4. The van der Waals surface area contributed by atoms with Crippen LogP contribution in [0.5, 0.6) is 0 Å². The average molecular weight is 424 g/mol. The molecule has 1 aromatic heterocycles. The first kappa shape index (κ1) is 22.3. The van der Waals surface area contributed by atoms with Crippen LogP contribution in [0, 0.1) is 30.1 Å². The summed E-state index contributed by atoms with van der Waals surface area (Å²) in [5.41, 5.74) is 2.29. The lowest BCUT2D eigenvalue weighted by molar-refractivity contribution is -0.125. The van der Waals surface area contributed by atoms with Crippen molar-refractivity contribution in [2.24, 2.45) is 11.8 Å². The van der Waals surface area contributed by atoms with Gasteiger partial charge in [-0.25, -0.2) is 0 Å². The lowest BCUT2D eigenvalue weighted by Crippen LogP contribution is -2.50. The van der Waals surface area contributed by atoms with Crippen molar-refractivity contribution in [2.75, 3.05) is 6.54 Å². The summed E-state index contributed by atoms with van der Waals surface area (Å²) in [5, 5.41) is 18.6. The molecule has 1 aliphatic rings. The fourth-order valence-corrected chi connectivity index (χ4v) is 3.94. The van der Waals surface area contributed by atoms with Crippen molar-refractivity contribution < 1.29 is 14.4 Å². The average Bonchev–Trinajstić information content (AvgIpc) is 3.33. The molecule has 0 bridgehead atoms. The number of aryl methyl sites for hydroxylation is 1. The number of nitrogens with zero attached hydrogens (tertiary/aromatic N) is 1. The van der Waals surface area contributed by atoms with E-state index in [2.05, 4.69) is 27.0 Å². The minimum Gasteiger partial charge on any atom is -0.356 e. The van der Waals surface area contributed by atoms with Crippen LogP contribution in [-0.4, -0.2) is 41.3 Å².